The second-order valence-corrected chi connectivity index (χ2v) is 4.07. The van der Waals surface area contributed by atoms with Crippen molar-refractivity contribution in [3.63, 3.8) is 0 Å². The van der Waals surface area contributed by atoms with E-state index < -0.39 is 0 Å². The molecule has 1 rings (SSSR count). The van der Waals surface area contributed by atoms with Crippen molar-refractivity contribution in [2.45, 2.75) is 25.7 Å². The van der Waals surface area contributed by atoms with Gasteiger partial charge in [0.1, 0.15) is 0 Å². The van der Waals surface area contributed by atoms with E-state index in [-0.39, 0.29) is 6.61 Å². The van der Waals surface area contributed by atoms with Crippen LogP contribution < -0.4 is 11.1 Å². The van der Waals surface area contributed by atoms with Gasteiger partial charge in [-0.05, 0) is 57.2 Å². The normalized spacial score (nSPS) is 26.8. The van der Waals surface area contributed by atoms with Crippen molar-refractivity contribution in [2.24, 2.45) is 17.6 Å². The number of aliphatic hydroxyl groups is 1. The van der Waals surface area contributed by atoms with Crippen molar-refractivity contribution >= 4 is 0 Å². The zero-order valence-corrected chi connectivity index (χ0v) is 8.34. The average Bonchev–Trinajstić information content (AvgIpc) is 2.42. The lowest BCUT2D eigenvalue weighted by Gasteiger charge is -2.19. The molecule has 13 heavy (non-hydrogen) atoms. The Morgan fingerprint density at radius 3 is 2.92 bits per heavy atom. The number of rotatable bonds is 4. The number of nitrogens with two attached hydrogens (primary N) is 1. The van der Waals surface area contributed by atoms with Crippen LogP contribution in [-0.4, -0.2) is 31.3 Å². The van der Waals surface area contributed by atoms with E-state index in [2.05, 4.69) is 5.32 Å². The number of aliphatic hydroxyl groups excluding tert-OH is 1. The van der Waals surface area contributed by atoms with Crippen LogP contribution in [0.5, 0.6) is 0 Å². The highest BCUT2D eigenvalue weighted by atomic mass is 16.3. The molecule has 0 aliphatic carbocycles. The minimum absolute atomic E-state index is 0.250. The van der Waals surface area contributed by atoms with Crippen molar-refractivity contribution in [3.8, 4) is 0 Å². The summed E-state index contributed by atoms with van der Waals surface area (Å²) in [5.74, 6) is 1.10. The first kappa shape index (κ1) is 11.0. The third kappa shape index (κ3) is 4.07. The first-order valence-corrected chi connectivity index (χ1v) is 5.38. The molecule has 0 bridgehead atoms. The van der Waals surface area contributed by atoms with Crippen LogP contribution in [0.3, 0.4) is 0 Å². The fourth-order valence-electron chi connectivity index (χ4n) is 2.04. The van der Waals surface area contributed by atoms with E-state index in [9.17, 15) is 0 Å². The van der Waals surface area contributed by atoms with Crippen molar-refractivity contribution < 1.29 is 5.11 Å². The Kier molecular flexibility index (Phi) is 5.35. The van der Waals surface area contributed by atoms with E-state index in [4.69, 9.17) is 10.8 Å². The third-order valence-corrected chi connectivity index (χ3v) is 2.95. The molecule has 2 atom stereocenters. The Bertz CT molecular complexity index is 118. The smallest absolute Gasteiger partial charge is 0.0471 e. The van der Waals surface area contributed by atoms with Crippen molar-refractivity contribution in [3.05, 3.63) is 0 Å². The van der Waals surface area contributed by atoms with E-state index >= 15 is 0 Å². The molecule has 2 unspecified atom stereocenters. The lowest BCUT2D eigenvalue weighted by Crippen LogP contribution is -2.22. The highest BCUT2D eigenvalue weighted by molar-refractivity contribution is 4.71. The van der Waals surface area contributed by atoms with E-state index in [1.165, 1.54) is 19.3 Å². The maximum atomic E-state index is 9.03. The van der Waals surface area contributed by atoms with Crippen LogP contribution in [0.4, 0.5) is 0 Å². The molecule has 0 saturated carbocycles. The summed E-state index contributed by atoms with van der Waals surface area (Å²) in [7, 11) is 0. The maximum Gasteiger partial charge on any atom is 0.0471 e. The summed E-state index contributed by atoms with van der Waals surface area (Å²) in [5.41, 5.74) is 5.56. The highest BCUT2D eigenvalue weighted by Gasteiger charge is 2.16. The molecule has 3 nitrogen and oxygen atoms in total. The standard InChI is InChI=1S/C10H22N2O/c11-7-10(8-13)6-9-2-1-4-12-5-3-9/h9-10,12-13H,1-8,11H2. The van der Waals surface area contributed by atoms with Gasteiger partial charge in [0.2, 0.25) is 0 Å². The Labute approximate surface area is 80.7 Å². The molecule has 0 aromatic rings. The minimum atomic E-state index is 0.250. The fraction of sp³-hybridized carbons (Fsp3) is 1.00. The highest BCUT2D eigenvalue weighted by Crippen LogP contribution is 2.21. The zero-order chi connectivity index (χ0) is 9.52. The van der Waals surface area contributed by atoms with Gasteiger partial charge in [-0.1, -0.05) is 0 Å². The molecule has 78 valence electrons. The summed E-state index contributed by atoms with van der Waals surface area (Å²) in [5, 5.41) is 12.4. The third-order valence-electron chi connectivity index (χ3n) is 2.95. The van der Waals surface area contributed by atoms with Gasteiger partial charge in [-0.15, -0.1) is 0 Å². The summed E-state index contributed by atoms with van der Waals surface area (Å²) in [6, 6.07) is 0. The summed E-state index contributed by atoms with van der Waals surface area (Å²) in [6.07, 6.45) is 4.92. The second-order valence-electron chi connectivity index (χ2n) is 4.07. The maximum absolute atomic E-state index is 9.03. The Morgan fingerprint density at radius 2 is 2.23 bits per heavy atom. The molecule has 1 saturated heterocycles. The summed E-state index contributed by atoms with van der Waals surface area (Å²) in [4.78, 5) is 0. The van der Waals surface area contributed by atoms with Gasteiger partial charge < -0.3 is 16.2 Å². The van der Waals surface area contributed by atoms with E-state index in [1.54, 1.807) is 0 Å². The van der Waals surface area contributed by atoms with Crippen LogP contribution in [0.25, 0.3) is 0 Å². The lowest BCUT2D eigenvalue weighted by molar-refractivity contribution is 0.200. The molecule has 0 spiro atoms. The van der Waals surface area contributed by atoms with Crippen LogP contribution >= 0.6 is 0 Å². The average molecular weight is 186 g/mol. The summed E-state index contributed by atoms with van der Waals surface area (Å²) >= 11 is 0. The molecule has 0 amide bonds. The first-order valence-electron chi connectivity index (χ1n) is 5.38. The zero-order valence-electron chi connectivity index (χ0n) is 8.34. The molecular weight excluding hydrogens is 164 g/mol. The van der Waals surface area contributed by atoms with Crippen LogP contribution in [0.1, 0.15) is 25.7 Å². The number of nitrogens with one attached hydrogen (secondary N) is 1. The molecule has 0 aromatic carbocycles. The monoisotopic (exact) mass is 186 g/mol. The van der Waals surface area contributed by atoms with E-state index in [1.807, 2.05) is 0 Å². The Morgan fingerprint density at radius 1 is 1.38 bits per heavy atom. The van der Waals surface area contributed by atoms with Gasteiger partial charge in [0.25, 0.3) is 0 Å². The molecule has 4 N–H and O–H groups in total. The predicted molar refractivity (Wildman–Crippen MR) is 54.5 cm³/mol. The minimum Gasteiger partial charge on any atom is -0.396 e. The van der Waals surface area contributed by atoms with Crippen LogP contribution in [0.15, 0.2) is 0 Å². The largest absolute Gasteiger partial charge is 0.396 e. The predicted octanol–water partition coefficient (Wildman–Crippen LogP) is 0.333. The summed E-state index contributed by atoms with van der Waals surface area (Å²) in [6.45, 7) is 3.16. The van der Waals surface area contributed by atoms with Gasteiger partial charge in [-0.3, -0.25) is 0 Å². The van der Waals surface area contributed by atoms with Crippen molar-refractivity contribution in [1.82, 2.24) is 5.32 Å². The molecular formula is C10H22N2O. The van der Waals surface area contributed by atoms with Gasteiger partial charge in [0, 0.05) is 6.61 Å². The quantitative estimate of drug-likeness (QED) is 0.593. The lowest BCUT2D eigenvalue weighted by atomic mass is 9.89. The molecule has 1 heterocycles. The van der Waals surface area contributed by atoms with Gasteiger partial charge in [0.15, 0.2) is 0 Å². The van der Waals surface area contributed by atoms with Gasteiger partial charge >= 0.3 is 0 Å². The van der Waals surface area contributed by atoms with E-state index in [0.29, 0.717) is 12.5 Å². The van der Waals surface area contributed by atoms with Gasteiger partial charge in [0.05, 0.1) is 0 Å². The van der Waals surface area contributed by atoms with Gasteiger partial charge in [-0.25, -0.2) is 0 Å². The first-order chi connectivity index (χ1) is 6.36. The van der Waals surface area contributed by atoms with E-state index in [0.717, 1.165) is 25.4 Å². The van der Waals surface area contributed by atoms with Crippen molar-refractivity contribution in [1.29, 1.82) is 0 Å². The molecule has 3 heteroatoms. The molecule has 0 aromatic heterocycles. The Hall–Kier alpha value is -0.120. The van der Waals surface area contributed by atoms with Gasteiger partial charge in [-0.2, -0.15) is 0 Å². The summed E-state index contributed by atoms with van der Waals surface area (Å²) < 4.78 is 0. The SMILES string of the molecule is NCC(CO)CC1CCCNCC1. The van der Waals surface area contributed by atoms with Crippen LogP contribution in [-0.2, 0) is 0 Å². The number of hydrogen-bond acceptors (Lipinski definition) is 3. The number of hydrogen-bond donors (Lipinski definition) is 3. The van der Waals surface area contributed by atoms with Crippen molar-refractivity contribution in [2.75, 3.05) is 26.2 Å². The molecule has 0 radical (unpaired) electrons. The topological polar surface area (TPSA) is 58.3 Å². The van der Waals surface area contributed by atoms with Crippen LogP contribution in [0.2, 0.25) is 0 Å². The molecule has 1 aliphatic heterocycles. The fourth-order valence-corrected chi connectivity index (χ4v) is 2.04. The molecule has 1 aliphatic rings. The Balaban J connectivity index is 2.24. The second kappa shape index (κ2) is 6.35. The molecule has 1 fully saturated rings. The van der Waals surface area contributed by atoms with Crippen LogP contribution in [0, 0.1) is 11.8 Å².